The van der Waals surface area contributed by atoms with Crippen molar-refractivity contribution in [1.82, 2.24) is 41.9 Å². The van der Waals surface area contributed by atoms with Gasteiger partial charge in [0.25, 0.3) is 0 Å². The summed E-state index contributed by atoms with van der Waals surface area (Å²) >= 11 is 0. The minimum absolute atomic E-state index is 0.0576. The molecule has 0 aliphatic heterocycles. The van der Waals surface area contributed by atoms with Crippen molar-refractivity contribution in [3.63, 3.8) is 0 Å². The Morgan fingerprint density at radius 2 is 1.38 bits per heavy atom. The quantitative estimate of drug-likeness (QED) is 0.0531. The fourth-order valence-electron chi connectivity index (χ4n) is 4.72. The molecule has 55 heavy (non-hydrogen) atoms. The second kappa shape index (κ2) is 21.2. The van der Waals surface area contributed by atoms with E-state index in [4.69, 9.17) is 16.6 Å². The van der Waals surface area contributed by atoms with E-state index in [1.807, 2.05) is 0 Å². The lowest BCUT2D eigenvalue weighted by Crippen LogP contribution is -2.59. The van der Waals surface area contributed by atoms with E-state index in [0.29, 0.717) is 5.56 Å². The molecule has 23 nitrogen and oxygen atoms in total. The molecule has 0 radical (unpaired) electrons. The summed E-state index contributed by atoms with van der Waals surface area (Å²) in [5.74, 6) is -10.0. The molecule has 7 amide bonds. The first-order chi connectivity index (χ1) is 25.8. The Labute approximate surface area is 312 Å². The molecule has 1 aromatic heterocycles. The molecule has 15 N–H and O–H groups in total. The van der Waals surface area contributed by atoms with E-state index >= 15 is 0 Å². The number of aliphatic hydroxyl groups is 1. The van der Waals surface area contributed by atoms with Gasteiger partial charge in [0.05, 0.1) is 43.6 Å². The summed E-state index contributed by atoms with van der Waals surface area (Å²) < 4.78 is 0. The van der Waals surface area contributed by atoms with Crippen molar-refractivity contribution in [2.24, 2.45) is 11.5 Å². The predicted octanol–water partition coefficient (Wildman–Crippen LogP) is -5.40. The lowest BCUT2D eigenvalue weighted by Gasteiger charge is -2.25. The fraction of sp³-hybridized carbons (Fsp3) is 0.438. The molecule has 300 valence electrons. The first-order valence-electron chi connectivity index (χ1n) is 16.5. The summed E-state index contributed by atoms with van der Waals surface area (Å²) in [6.45, 7) is 1.62. The number of rotatable bonds is 22. The molecule has 2 aromatic rings. The number of aliphatic hydroxyl groups excluding tert-OH is 1. The highest BCUT2D eigenvalue weighted by Crippen LogP contribution is 2.12. The van der Waals surface area contributed by atoms with Crippen LogP contribution < -0.4 is 43.4 Å². The van der Waals surface area contributed by atoms with E-state index in [1.54, 1.807) is 0 Å². The molecule has 0 aliphatic carbocycles. The highest BCUT2D eigenvalue weighted by atomic mass is 16.4. The lowest BCUT2D eigenvalue weighted by molar-refractivity contribution is -0.143. The molecule has 1 heterocycles. The molecule has 0 saturated heterocycles. The van der Waals surface area contributed by atoms with Crippen molar-refractivity contribution in [3.8, 4) is 5.75 Å². The van der Waals surface area contributed by atoms with Gasteiger partial charge >= 0.3 is 11.9 Å². The maximum atomic E-state index is 13.2. The minimum atomic E-state index is -1.68. The average molecular weight is 777 g/mol. The Kier molecular flexibility index (Phi) is 17.1. The van der Waals surface area contributed by atoms with E-state index in [9.17, 15) is 58.5 Å². The van der Waals surface area contributed by atoms with Gasteiger partial charge in [0.2, 0.25) is 41.4 Å². The van der Waals surface area contributed by atoms with Crippen molar-refractivity contribution in [1.29, 1.82) is 0 Å². The van der Waals surface area contributed by atoms with Crippen LogP contribution in [0.2, 0.25) is 0 Å². The Bertz CT molecular complexity index is 1700. The van der Waals surface area contributed by atoms with Gasteiger partial charge in [0, 0.05) is 19.0 Å². The number of carboxylic acid groups (broad SMARTS) is 2. The van der Waals surface area contributed by atoms with Gasteiger partial charge < -0.3 is 68.8 Å². The molecule has 0 spiro atoms. The standard InChI is InChI=1S/C32H44N10O13/c1-14(27(49)42-26(15(2)43)31(53)41-22(32(54)55)7-16-3-5-18(44)6-4-16)38-24(46)12-36-29(51)20(8-17-11-35-13-37-17)40-30(52)21(10-23(34)45)39-28(50)19(33)9-25(47)48/h3-6,11,13-15,19-22,26,43-44H,7-10,12,33H2,1-2H3,(H2,34,45)(H,35,37)(H,36,51)(H,38,46)(H,39,50)(H,40,52)(H,41,53)(H,42,49)(H,47,48)(H,54,55)/t14-,15+,19-,20-,21-,22-,26-/m0/s1. The van der Waals surface area contributed by atoms with Gasteiger partial charge in [-0.3, -0.25) is 38.4 Å². The number of phenolic OH excluding ortho intramolecular Hbond substituents is 1. The molecular formula is C32H44N10O13. The molecule has 0 fully saturated rings. The van der Waals surface area contributed by atoms with Crippen molar-refractivity contribution in [3.05, 3.63) is 48.0 Å². The lowest BCUT2D eigenvalue weighted by atomic mass is 10.0. The number of imidazole rings is 1. The maximum Gasteiger partial charge on any atom is 0.326 e. The summed E-state index contributed by atoms with van der Waals surface area (Å²) in [5, 5.41) is 51.6. The first-order valence-corrected chi connectivity index (χ1v) is 16.5. The van der Waals surface area contributed by atoms with Crippen LogP contribution in [-0.2, 0) is 56.0 Å². The molecule has 0 bridgehead atoms. The number of aliphatic carboxylic acids is 2. The van der Waals surface area contributed by atoms with E-state index in [1.165, 1.54) is 43.7 Å². The fourth-order valence-corrected chi connectivity index (χ4v) is 4.72. The highest BCUT2D eigenvalue weighted by molar-refractivity contribution is 5.97. The van der Waals surface area contributed by atoms with Crippen molar-refractivity contribution in [2.75, 3.05) is 6.54 Å². The van der Waals surface area contributed by atoms with Crippen LogP contribution in [0, 0.1) is 0 Å². The molecule has 0 aliphatic rings. The highest BCUT2D eigenvalue weighted by Gasteiger charge is 2.33. The molecule has 23 heteroatoms. The van der Waals surface area contributed by atoms with Crippen LogP contribution in [-0.4, -0.2) is 133 Å². The zero-order valence-corrected chi connectivity index (χ0v) is 29.6. The number of hydrogen-bond acceptors (Lipinski definition) is 13. The Balaban J connectivity index is 2.05. The van der Waals surface area contributed by atoms with Crippen molar-refractivity contribution < 1.29 is 63.6 Å². The van der Waals surface area contributed by atoms with E-state index in [0.717, 1.165) is 6.92 Å². The van der Waals surface area contributed by atoms with Crippen LogP contribution in [0.25, 0.3) is 0 Å². The normalized spacial score (nSPS) is 14.6. The van der Waals surface area contributed by atoms with Crippen molar-refractivity contribution >= 4 is 53.3 Å². The van der Waals surface area contributed by atoms with Crippen molar-refractivity contribution in [2.45, 2.75) is 81.9 Å². The Morgan fingerprint density at radius 1 is 0.764 bits per heavy atom. The van der Waals surface area contributed by atoms with E-state index in [2.05, 4.69) is 41.9 Å². The second-order valence-electron chi connectivity index (χ2n) is 12.3. The van der Waals surface area contributed by atoms with Crippen LogP contribution in [0.4, 0.5) is 0 Å². The number of primary amides is 1. The third-order valence-electron chi connectivity index (χ3n) is 7.62. The number of nitrogens with two attached hydrogens (primary N) is 2. The number of H-pyrrole nitrogens is 1. The van der Waals surface area contributed by atoms with Crippen LogP contribution in [0.1, 0.15) is 37.9 Å². The smallest absolute Gasteiger partial charge is 0.326 e. The van der Waals surface area contributed by atoms with Gasteiger partial charge in [0.1, 0.15) is 36.0 Å². The Hall–Kier alpha value is -6.62. The van der Waals surface area contributed by atoms with Crippen LogP contribution in [0.5, 0.6) is 5.75 Å². The number of aromatic amines is 1. The van der Waals surface area contributed by atoms with Gasteiger partial charge in [-0.15, -0.1) is 0 Å². The number of amides is 7. The zero-order valence-electron chi connectivity index (χ0n) is 29.6. The number of phenols is 1. The number of aromatic nitrogens is 2. The number of aromatic hydroxyl groups is 1. The minimum Gasteiger partial charge on any atom is -0.508 e. The zero-order chi connectivity index (χ0) is 41.4. The number of benzene rings is 1. The van der Waals surface area contributed by atoms with Crippen LogP contribution >= 0.6 is 0 Å². The number of carboxylic acids is 2. The summed E-state index contributed by atoms with van der Waals surface area (Å²) in [7, 11) is 0. The number of carbonyl (C=O) groups excluding carboxylic acids is 7. The molecule has 0 unspecified atom stereocenters. The van der Waals surface area contributed by atoms with Gasteiger partial charge in [-0.25, -0.2) is 9.78 Å². The van der Waals surface area contributed by atoms with E-state index < -0.39 is 115 Å². The Morgan fingerprint density at radius 3 is 1.93 bits per heavy atom. The average Bonchev–Trinajstić information content (AvgIpc) is 3.61. The third-order valence-corrected chi connectivity index (χ3v) is 7.62. The number of nitrogens with one attached hydrogen (secondary N) is 7. The molecule has 0 saturated carbocycles. The van der Waals surface area contributed by atoms with Crippen LogP contribution in [0.15, 0.2) is 36.8 Å². The monoisotopic (exact) mass is 776 g/mol. The number of nitrogens with zero attached hydrogens (tertiary/aromatic N) is 1. The number of hydrogen-bond donors (Lipinski definition) is 13. The van der Waals surface area contributed by atoms with Gasteiger partial charge in [0.15, 0.2) is 0 Å². The summed E-state index contributed by atoms with van der Waals surface area (Å²) in [5.41, 5.74) is 11.4. The van der Waals surface area contributed by atoms with E-state index in [-0.39, 0.29) is 24.3 Å². The summed E-state index contributed by atoms with van der Waals surface area (Å²) in [6.07, 6.45) is -0.860. The molecule has 2 rings (SSSR count). The van der Waals surface area contributed by atoms with Crippen LogP contribution in [0.3, 0.4) is 0 Å². The first kappa shape index (κ1) is 44.5. The predicted molar refractivity (Wildman–Crippen MR) is 186 cm³/mol. The van der Waals surface area contributed by atoms with Gasteiger partial charge in [-0.2, -0.15) is 0 Å². The van der Waals surface area contributed by atoms with Gasteiger partial charge in [-0.1, -0.05) is 12.1 Å². The van der Waals surface area contributed by atoms with Gasteiger partial charge in [-0.05, 0) is 31.5 Å². The maximum absolute atomic E-state index is 13.2. The molecule has 1 aromatic carbocycles. The number of carbonyl (C=O) groups is 9. The summed E-state index contributed by atoms with van der Waals surface area (Å²) in [6, 6.07) is -3.70. The molecule has 7 atom stereocenters. The molecular weight excluding hydrogens is 732 g/mol. The SMILES string of the molecule is C[C@H](NC(=O)CNC(=O)[C@H](Cc1c[nH]cn1)NC(=O)[C@H](CC(N)=O)NC(=O)[C@@H](N)CC(=O)O)C(=O)N[C@H](C(=O)N[C@@H](Cc1ccc(O)cc1)C(=O)O)[C@@H](C)O. The third kappa shape index (κ3) is 15.5. The topological polar surface area (TPSA) is 387 Å². The second-order valence-corrected chi connectivity index (χ2v) is 12.3. The largest absolute Gasteiger partial charge is 0.508 e. The summed E-state index contributed by atoms with van der Waals surface area (Å²) in [4.78, 5) is 118.